The van der Waals surface area contributed by atoms with Crippen LogP contribution in [0.5, 0.6) is 0 Å². The molecule has 0 spiro atoms. The van der Waals surface area contributed by atoms with E-state index in [0.717, 1.165) is 5.56 Å². The maximum absolute atomic E-state index is 12.8. The number of carbonyl (C=O) groups excluding carboxylic acids is 3. The van der Waals surface area contributed by atoms with Crippen LogP contribution in [0.25, 0.3) is 0 Å². The van der Waals surface area contributed by atoms with Crippen molar-refractivity contribution in [1.29, 1.82) is 0 Å². The second kappa shape index (κ2) is 9.19. The molecule has 1 unspecified atom stereocenters. The van der Waals surface area contributed by atoms with Gasteiger partial charge in [-0.25, -0.2) is 0 Å². The summed E-state index contributed by atoms with van der Waals surface area (Å²) < 4.78 is 0. The van der Waals surface area contributed by atoms with Crippen molar-refractivity contribution in [3.63, 3.8) is 0 Å². The normalized spacial score (nSPS) is 11.4. The Morgan fingerprint density at radius 3 is 1.89 bits per heavy atom. The second-order valence-electron chi connectivity index (χ2n) is 6.15. The fourth-order valence-electron chi connectivity index (χ4n) is 2.67. The Kier molecular flexibility index (Phi) is 6.96. The van der Waals surface area contributed by atoms with Crippen molar-refractivity contribution < 1.29 is 14.4 Å². The van der Waals surface area contributed by atoms with Gasteiger partial charge in [0.2, 0.25) is 11.8 Å². The zero-order valence-corrected chi connectivity index (χ0v) is 16.2. The van der Waals surface area contributed by atoms with Crippen molar-refractivity contribution in [2.45, 2.75) is 33.2 Å². The van der Waals surface area contributed by atoms with E-state index in [4.69, 9.17) is 11.6 Å². The molecule has 0 heterocycles. The van der Waals surface area contributed by atoms with Crippen LogP contribution in [0.15, 0.2) is 42.5 Å². The molecule has 27 heavy (non-hydrogen) atoms. The molecule has 0 bridgehead atoms. The largest absolute Gasteiger partial charge is 0.345 e. The fourth-order valence-corrected chi connectivity index (χ4v) is 2.79. The van der Waals surface area contributed by atoms with Crippen LogP contribution < -0.4 is 16.0 Å². The molecule has 0 aliphatic carbocycles. The van der Waals surface area contributed by atoms with Crippen molar-refractivity contribution in [3.8, 4) is 0 Å². The van der Waals surface area contributed by atoms with E-state index in [1.807, 2.05) is 19.1 Å². The highest BCUT2D eigenvalue weighted by molar-refractivity contribution is 6.30. The molecule has 0 saturated carbocycles. The van der Waals surface area contributed by atoms with Crippen molar-refractivity contribution in [2.24, 2.45) is 0 Å². The third kappa shape index (κ3) is 6.11. The number of hydrogen-bond donors (Lipinski definition) is 3. The van der Waals surface area contributed by atoms with Gasteiger partial charge in [-0.3, -0.25) is 14.4 Å². The van der Waals surface area contributed by atoms with Crippen molar-refractivity contribution in [3.05, 3.63) is 58.6 Å². The van der Waals surface area contributed by atoms with Gasteiger partial charge in [-0.1, -0.05) is 30.7 Å². The van der Waals surface area contributed by atoms with E-state index >= 15 is 0 Å². The Hall–Kier alpha value is -2.86. The predicted molar refractivity (Wildman–Crippen MR) is 107 cm³/mol. The number of benzene rings is 2. The smallest absolute Gasteiger partial charge is 0.251 e. The Morgan fingerprint density at radius 1 is 0.926 bits per heavy atom. The van der Waals surface area contributed by atoms with Gasteiger partial charge in [-0.15, -0.1) is 0 Å². The van der Waals surface area contributed by atoms with E-state index in [2.05, 4.69) is 16.0 Å². The highest BCUT2D eigenvalue weighted by Crippen LogP contribution is 2.22. The van der Waals surface area contributed by atoms with E-state index in [1.54, 1.807) is 30.3 Å². The van der Waals surface area contributed by atoms with E-state index in [-0.39, 0.29) is 23.8 Å². The lowest BCUT2D eigenvalue weighted by molar-refractivity contribution is -0.115. The Labute approximate surface area is 163 Å². The maximum atomic E-state index is 12.8. The molecule has 3 N–H and O–H groups in total. The summed E-state index contributed by atoms with van der Waals surface area (Å²) in [6.07, 6.45) is 0.692. The molecule has 0 radical (unpaired) electrons. The van der Waals surface area contributed by atoms with Crippen molar-refractivity contribution in [2.75, 3.05) is 10.6 Å². The molecule has 0 fully saturated rings. The molecule has 1 atom stereocenters. The molecule has 2 rings (SSSR count). The second-order valence-corrected chi connectivity index (χ2v) is 6.58. The van der Waals surface area contributed by atoms with Gasteiger partial charge in [-0.05, 0) is 42.3 Å². The van der Waals surface area contributed by atoms with Crippen LogP contribution >= 0.6 is 11.6 Å². The average Bonchev–Trinajstić information content (AvgIpc) is 2.59. The summed E-state index contributed by atoms with van der Waals surface area (Å²) >= 11 is 5.92. The quantitative estimate of drug-likeness (QED) is 0.696. The number of hydrogen-bond acceptors (Lipinski definition) is 3. The van der Waals surface area contributed by atoms with E-state index in [1.165, 1.54) is 13.8 Å². The molecule has 2 aromatic carbocycles. The SMILES string of the molecule is CCC(NC(=O)c1cc(NC(C)=O)cc(NC(C)=O)c1)c1ccc(Cl)cc1. The van der Waals surface area contributed by atoms with Gasteiger partial charge in [0.1, 0.15) is 0 Å². The van der Waals surface area contributed by atoms with Crippen LogP contribution in [-0.2, 0) is 9.59 Å². The number of amides is 3. The highest BCUT2D eigenvalue weighted by atomic mass is 35.5. The minimum absolute atomic E-state index is 0.191. The minimum Gasteiger partial charge on any atom is -0.345 e. The van der Waals surface area contributed by atoms with E-state index in [0.29, 0.717) is 28.4 Å². The van der Waals surface area contributed by atoms with Gasteiger partial charge in [0.15, 0.2) is 0 Å². The lowest BCUT2D eigenvalue weighted by Gasteiger charge is -2.18. The van der Waals surface area contributed by atoms with Crippen LogP contribution in [0, 0.1) is 0 Å². The number of nitrogens with one attached hydrogen (secondary N) is 3. The van der Waals surface area contributed by atoms with Crippen LogP contribution in [-0.4, -0.2) is 17.7 Å². The summed E-state index contributed by atoms with van der Waals surface area (Å²) in [6, 6.07) is 11.8. The van der Waals surface area contributed by atoms with Gasteiger partial charge in [0, 0.05) is 35.8 Å². The van der Waals surface area contributed by atoms with Crippen LogP contribution in [0.4, 0.5) is 11.4 Å². The summed E-state index contributed by atoms with van der Waals surface area (Å²) in [4.78, 5) is 35.5. The molecule has 3 amide bonds. The van der Waals surface area contributed by atoms with Crippen molar-refractivity contribution >= 4 is 40.7 Å². The Bertz CT molecular complexity index is 816. The van der Waals surface area contributed by atoms with Crippen LogP contribution in [0.1, 0.15) is 49.2 Å². The molecule has 0 aliphatic heterocycles. The third-order valence-corrected chi connectivity index (χ3v) is 4.07. The number of anilines is 2. The molecular formula is C20H22ClN3O3. The molecule has 0 saturated heterocycles. The minimum atomic E-state index is -0.310. The Balaban J connectivity index is 2.28. The van der Waals surface area contributed by atoms with E-state index in [9.17, 15) is 14.4 Å². The predicted octanol–water partition coefficient (Wildman–Crippen LogP) is 4.14. The summed E-state index contributed by atoms with van der Waals surface area (Å²) in [7, 11) is 0. The molecular weight excluding hydrogens is 366 g/mol. The number of halogens is 1. The monoisotopic (exact) mass is 387 g/mol. The van der Waals surface area contributed by atoms with Crippen LogP contribution in [0.3, 0.4) is 0 Å². The molecule has 7 heteroatoms. The zero-order chi connectivity index (χ0) is 20.0. The van der Waals surface area contributed by atoms with Gasteiger partial charge >= 0.3 is 0 Å². The zero-order valence-electron chi connectivity index (χ0n) is 15.4. The fraction of sp³-hybridized carbons (Fsp3) is 0.250. The topological polar surface area (TPSA) is 87.3 Å². The molecule has 0 aromatic heterocycles. The summed E-state index contributed by atoms with van der Waals surface area (Å²) in [5, 5.41) is 8.87. The first-order valence-corrected chi connectivity index (χ1v) is 8.93. The average molecular weight is 388 g/mol. The van der Waals surface area contributed by atoms with Gasteiger partial charge in [0.05, 0.1) is 6.04 Å². The summed E-state index contributed by atoms with van der Waals surface area (Å²) in [5.41, 5.74) is 2.13. The highest BCUT2D eigenvalue weighted by Gasteiger charge is 2.16. The molecule has 142 valence electrons. The maximum Gasteiger partial charge on any atom is 0.251 e. The first kappa shape index (κ1) is 20.5. The van der Waals surface area contributed by atoms with Gasteiger partial charge in [0.25, 0.3) is 5.91 Å². The van der Waals surface area contributed by atoms with Crippen LogP contribution in [0.2, 0.25) is 5.02 Å². The van der Waals surface area contributed by atoms with Gasteiger partial charge in [-0.2, -0.15) is 0 Å². The lowest BCUT2D eigenvalue weighted by Crippen LogP contribution is -2.28. The molecule has 0 aliphatic rings. The van der Waals surface area contributed by atoms with Crippen molar-refractivity contribution in [1.82, 2.24) is 5.32 Å². The standard InChI is InChI=1S/C20H22ClN3O3/c1-4-19(14-5-7-16(21)8-6-14)24-20(27)15-9-17(22-12(2)25)11-18(10-15)23-13(3)26/h5-11,19H,4H2,1-3H3,(H,22,25)(H,23,26)(H,24,27). The summed E-state index contributed by atoms with van der Waals surface area (Å²) in [5.74, 6) is -0.849. The number of carbonyl (C=O) groups is 3. The number of rotatable bonds is 6. The lowest BCUT2D eigenvalue weighted by atomic mass is 10.0. The molecule has 6 nitrogen and oxygen atoms in total. The summed E-state index contributed by atoms with van der Waals surface area (Å²) in [6.45, 7) is 4.72. The molecule has 2 aromatic rings. The van der Waals surface area contributed by atoms with Gasteiger partial charge < -0.3 is 16.0 Å². The van der Waals surface area contributed by atoms with E-state index < -0.39 is 0 Å². The Morgan fingerprint density at radius 2 is 1.44 bits per heavy atom. The third-order valence-electron chi connectivity index (χ3n) is 3.82. The first-order valence-electron chi connectivity index (χ1n) is 8.55. The first-order chi connectivity index (χ1) is 12.8.